The molecule has 2 N–H and O–H groups in total. The Morgan fingerprint density at radius 1 is 1.22 bits per heavy atom. The van der Waals surface area contributed by atoms with Gasteiger partial charge in [-0.1, -0.05) is 25.4 Å². The van der Waals surface area contributed by atoms with E-state index in [1.165, 1.54) is 0 Å². The van der Waals surface area contributed by atoms with Crippen LogP contribution >= 0.6 is 11.6 Å². The zero-order chi connectivity index (χ0) is 17.4. The van der Waals surface area contributed by atoms with Crippen molar-refractivity contribution >= 4 is 34.2 Å². The van der Waals surface area contributed by atoms with E-state index in [1.807, 2.05) is 13.8 Å². The average molecular weight is 359 g/mol. The molecule has 0 aliphatic rings. The van der Waals surface area contributed by atoms with Crippen LogP contribution in [0.5, 0.6) is 0 Å². The lowest BCUT2D eigenvalue weighted by atomic mass is 10.0. The van der Waals surface area contributed by atoms with Gasteiger partial charge in [-0.15, -0.1) is 0 Å². The number of benzene rings is 1. The zero-order valence-corrected chi connectivity index (χ0v) is 15.2. The van der Waals surface area contributed by atoms with E-state index in [9.17, 15) is 13.8 Å². The molecule has 2 amide bonds. The van der Waals surface area contributed by atoms with Crippen LogP contribution in [0, 0.1) is 5.92 Å². The summed E-state index contributed by atoms with van der Waals surface area (Å²) in [5.41, 5.74) is 0.450. The van der Waals surface area contributed by atoms with Crippen molar-refractivity contribution in [2.75, 3.05) is 18.6 Å². The van der Waals surface area contributed by atoms with E-state index in [1.54, 1.807) is 30.5 Å². The lowest BCUT2D eigenvalue weighted by Gasteiger charge is -2.20. The number of rotatable bonds is 8. The maximum Gasteiger partial charge on any atom is 0.251 e. The van der Waals surface area contributed by atoms with Gasteiger partial charge in [0.05, 0.1) is 0 Å². The fourth-order valence-corrected chi connectivity index (χ4v) is 2.50. The molecule has 1 rings (SSSR count). The summed E-state index contributed by atoms with van der Waals surface area (Å²) in [6.07, 6.45) is 2.11. The van der Waals surface area contributed by atoms with Crippen LogP contribution in [0.3, 0.4) is 0 Å². The molecule has 0 fully saturated rings. The number of hydrogen-bond acceptors (Lipinski definition) is 3. The minimum atomic E-state index is -0.963. The molecule has 0 aliphatic heterocycles. The van der Waals surface area contributed by atoms with Gasteiger partial charge in [-0.05, 0) is 36.6 Å². The fourth-order valence-electron chi connectivity index (χ4n) is 1.99. The molecule has 2 unspecified atom stereocenters. The first-order valence-corrected chi connectivity index (χ1v) is 9.54. The molecule has 1 aromatic carbocycles. The van der Waals surface area contributed by atoms with E-state index >= 15 is 0 Å². The van der Waals surface area contributed by atoms with Crippen LogP contribution in [0.15, 0.2) is 24.3 Å². The first-order chi connectivity index (χ1) is 10.8. The van der Waals surface area contributed by atoms with E-state index in [2.05, 4.69) is 10.6 Å². The van der Waals surface area contributed by atoms with E-state index < -0.39 is 16.8 Å². The number of amides is 2. The van der Waals surface area contributed by atoms with E-state index in [4.69, 9.17) is 11.6 Å². The number of hydrogen-bond donors (Lipinski definition) is 2. The summed E-state index contributed by atoms with van der Waals surface area (Å²) in [7, 11) is -0.963. The molecule has 0 saturated heterocycles. The molecule has 1 aromatic rings. The molecule has 0 saturated carbocycles. The molecule has 0 bridgehead atoms. The molecule has 0 aromatic heterocycles. The maximum atomic E-state index is 12.3. The summed E-state index contributed by atoms with van der Waals surface area (Å²) >= 11 is 5.80. The molecule has 7 heteroatoms. The van der Waals surface area contributed by atoms with Gasteiger partial charge < -0.3 is 10.6 Å². The Bertz CT molecular complexity index is 561. The molecular formula is C16H23ClN2O3S. The standard InChI is InChI=1S/C16H23ClN2O3S/c1-11(2)10-14(16(21)18-8-9-23(3)22)19-15(20)12-4-6-13(17)7-5-12/h4-7,11,14H,8-10H2,1-3H3,(H,18,21)(H,19,20). The van der Waals surface area contributed by atoms with E-state index in [0.717, 1.165) is 0 Å². The summed E-state index contributed by atoms with van der Waals surface area (Å²) in [5, 5.41) is 6.02. The van der Waals surface area contributed by atoms with Crippen LogP contribution in [0.4, 0.5) is 0 Å². The SMILES string of the molecule is CC(C)CC(NC(=O)c1ccc(Cl)cc1)C(=O)NCCS(C)=O. The molecule has 23 heavy (non-hydrogen) atoms. The number of halogens is 1. The number of carbonyl (C=O) groups excluding carboxylic acids is 2. The highest BCUT2D eigenvalue weighted by Gasteiger charge is 2.22. The first-order valence-electron chi connectivity index (χ1n) is 7.43. The third kappa shape index (κ3) is 7.61. The third-order valence-corrected chi connectivity index (χ3v) is 4.16. The molecular weight excluding hydrogens is 336 g/mol. The molecule has 128 valence electrons. The lowest BCUT2D eigenvalue weighted by molar-refractivity contribution is -0.123. The highest BCUT2D eigenvalue weighted by Crippen LogP contribution is 2.11. The molecule has 0 heterocycles. The zero-order valence-electron chi connectivity index (χ0n) is 13.6. The normalized spacial score (nSPS) is 13.4. The summed E-state index contributed by atoms with van der Waals surface area (Å²) in [4.78, 5) is 24.5. The minimum Gasteiger partial charge on any atom is -0.353 e. The van der Waals surface area contributed by atoms with E-state index in [-0.39, 0.29) is 17.7 Å². The second kappa shape index (κ2) is 9.67. The van der Waals surface area contributed by atoms with Crippen molar-refractivity contribution in [2.24, 2.45) is 5.92 Å². The quantitative estimate of drug-likeness (QED) is 0.746. The van der Waals surface area contributed by atoms with Crippen LogP contribution in [0.2, 0.25) is 5.02 Å². The Kier molecular flexibility index (Phi) is 8.26. The minimum absolute atomic E-state index is 0.247. The Hall–Kier alpha value is -1.40. The summed E-state index contributed by atoms with van der Waals surface area (Å²) in [5.74, 6) is 0.0650. The van der Waals surface area contributed by atoms with Crippen molar-refractivity contribution in [3.8, 4) is 0 Å². The Morgan fingerprint density at radius 3 is 2.35 bits per heavy atom. The summed E-state index contributed by atoms with van der Waals surface area (Å²) < 4.78 is 11.0. The predicted molar refractivity (Wildman–Crippen MR) is 94.1 cm³/mol. The smallest absolute Gasteiger partial charge is 0.251 e. The third-order valence-electron chi connectivity index (χ3n) is 3.12. The highest BCUT2D eigenvalue weighted by molar-refractivity contribution is 7.84. The largest absolute Gasteiger partial charge is 0.353 e. The van der Waals surface area contributed by atoms with Gasteiger partial charge in [0.2, 0.25) is 5.91 Å². The summed E-state index contributed by atoms with van der Waals surface area (Å²) in [6.45, 7) is 4.29. The Morgan fingerprint density at radius 2 is 1.83 bits per heavy atom. The fraction of sp³-hybridized carbons (Fsp3) is 0.500. The van der Waals surface area contributed by atoms with Gasteiger partial charge >= 0.3 is 0 Å². The number of carbonyl (C=O) groups is 2. The molecule has 5 nitrogen and oxygen atoms in total. The van der Waals surface area contributed by atoms with Crippen LogP contribution in [0.1, 0.15) is 30.6 Å². The van der Waals surface area contributed by atoms with Crippen LogP contribution in [-0.2, 0) is 15.6 Å². The predicted octanol–water partition coefficient (Wildman–Crippen LogP) is 1.98. The maximum absolute atomic E-state index is 12.3. The first kappa shape index (κ1) is 19.6. The second-order valence-corrected chi connectivity index (χ2v) is 7.72. The lowest BCUT2D eigenvalue weighted by Crippen LogP contribution is -2.48. The van der Waals surface area contributed by atoms with Crippen molar-refractivity contribution in [1.29, 1.82) is 0 Å². The van der Waals surface area contributed by atoms with Crippen molar-refractivity contribution < 1.29 is 13.8 Å². The van der Waals surface area contributed by atoms with Crippen LogP contribution in [-0.4, -0.2) is 40.6 Å². The van der Waals surface area contributed by atoms with Crippen molar-refractivity contribution in [1.82, 2.24) is 10.6 Å². The molecule has 0 radical (unpaired) electrons. The van der Waals surface area contributed by atoms with Gasteiger partial charge in [0.1, 0.15) is 6.04 Å². The van der Waals surface area contributed by atoms with Crippen molar-refractivity contribution in [3.05, 3.63) is 34.9 Å². The van der Waals surface area contributed by atoms with Crippen LogP contribution in [0.25, 0.3) is 0 Å². The van der Waals surface area contributed by atoms with Crippen LogP contribution < -0.4 is 10.6 Å². The monoisotopic (exact) mass is 358 g/mol. The van der Waals surface area contributed by atoms with Gasteiger partial charge in [-0.25, -0.2) is 0 Å². The van der Waals surface area contributed by atoms with E-state index in [0.29, 0.717) is 29.3 Å². The van der Waals surface area contributed by atoms with Crippen molar-refractivity contribution in [3.63, 3.8) is 0 Å². The van der Waals surface area contributed by atoms with Gasteiger partial charge in [0.15, 0.2) is 0 Å². The molecule has 0 aliphatic carbocycles. The molecule has 2 atom stereocenters. The average Bonchev–Trinajstić information content (AvgIpc) is 2.46. The van der Waals surface area contributed by atoms with Gasteiger partial charge in [-0.2, -0.15) is 0 Å². The van der Waals surface area contributed by atoms with Gasteiger partial charge in [0.25, 0.3) is 5.91 Å². The van der Waals surface area contributed by atoms with Gasteiger partial charge in [0, 0.05) is 39.9 Å². The Labute approximate surface area is 144 Å². The Balaban J connectivity index is 2.69. The van der Waals surface area contributed by atoms with Gasteiger partial charge in [-0.3, -0.25) is 13.8 Å². The topological polar surface area (TPSA) is 75.3 Å². The molecule has 0 spiro atoms. The highest BCUT2D eigenvalue weighted by atomic mass is 35.5. The number of nitrogens with one attached hydrogen (secondary N) is 2. The summed E-state index contributed by atoms with van der Waals surface area (Å²) in [6, 6.07) is 5.86. The second-order valence-electron chi connectivity index (χ2n) is 5.73. The van der Waals surface area contributed by atoms with Crippen molar-refractivity contribution in [2.45, 2.75) is 26.3 Å².